The number of fused-ring (bicyclic) bond motifs is 1. The van der Waals surface area contributed by atoms with Crippen LogP contribution in [0.1, 0.15) is 56.9 Å². The highest BCUT2D eigenvalue weighted by molar-refractivity contribution is 5.80. The third-order valence-corrected chi connectivity index (χ3v) is 8.08. The number of hydrogen-bond acceptors (Lipinski definition) is 8. The highest BCUT2D eigenvalue weighted by atomic mass is 16.7. The minimum Gasteiger partial charge on any atom is -0.493 e. The molecule has 11 nitrogen and oxygen atoms in total. The fraction of sp³-hybridized carbons (Fsp3) is 0.679. The van der Waals surface area contributed by atoms with E-state index < -0.39 is 23.8 Å². The maximum atomic E-state index is 13.6. The van der Waals surface area contributed by atoms with Crippen molar-refractivity contribution in [1.82, 2.24) is 14.7 Å². The van der Waals surface area contributed by atoms with Gasteiger partial charge in [-0.25, -0.2) is 0 Å². The number of rotatable bonds is 14. The van der Waals surface area contributed by atoms with Crippen LogP contribution in [0.2, 0.25) is 0 Å². The second kappa shape index (κ2) is 13.3. The Kier molecular flexibility index (Phi) is 9.90. The van der Waals surface area contributed by atoms with E-state index in [1.54, 1.807) is 11.0 Å². The van der Waals surface area contributed by atoms with E-state index in [1.165, 1.54) is 7.11 Å². The molecule has 1 aromatic rings. The Bertz CT molecular complexity index is 1040. The number of hydrogen-bond donors (Lipinski definition) is 2. The molecular weight excluding hydrogens is 504 g/mol. The minimum absolute atomic E-state index is 0.0220. The summed E-state index contributed by atoms with van der Waals surface area (Å²) < 4.78 is 16.7. The third kappa shape index (κ3) is 6.58. The van der Waals surface area contributed by atoms with Crippen LogP contribution in [-0.4, -0.2) is 103 Å². The largest absolute Gasteiger partial charge is 0.493 e. The van der Waals surface area contributed by atoms with Crippen LogP contribution < -0.4 is 19.9 Å². The number of benzene rings is 1. The third-order valence-electron chi connectivity index (χ3n) is 8.08. The average Bonchev–Trinajstić information content (AvgIpc) is 3.65. The van der Waals surface area contributed by atoms with Crippen molar-refractivity contribution in [1.29, 1.82) is 0 Å². The summed E-state index contributed by atoms with van der Waals surface area (Å²) in [7, 11) is 1.53. The molecule has 3 unspecified atom stereocenters. The van der Waals surface area contributed by atoms with Gasteiger partial charge in [0.2, 0.25) is 24.4 Å². The minimum atomic E-state index is -0.950. The van der Waals surface area contributed by atoms with Crippen LogP contribution in [0.3, 0.4) is 0 Å². The van der Waals surface area contributed by atoms with Gasteiger partial charge in [-0.1, -0.05) is 13.3 Å². The topological polar surface area (TPSA) is 135 Å². The van der Waals surface area contributed by atoms with Gasteiger partial charge in [-0.3, -0.25) is 19.3 Å². The summed E-state index contributed by atoms with van der Waals surface area (Å²) in [5.74, 6) is -0.692. The number of nitrogens with zero attached hydrogens (tertiary/aromatic N) is 3. The lowest BCUT2D eigenvalue weighted by Gasteiger charge is -2.32. The van der Waals surface area contributed by atoms with Crippen molar-refractivity contribution >= 4 is 17.8 Å². The first kappa shape index (κ1) is 28.9. The molecule has 0 spiro atoms. The van der Waals surface area contributed by atoms with Gasteiger partial charge < -0.3 is 34.9 Å². The Hall–Kier alpha value is -3.05. The van der Waals surface area contributed by atoms with Gasteiger partial charge in [0.15, 0.2) is 11.5 Å². The maximum absolute atomic E-state index is 13.6. The first-order chi connectivity index (χ1) is 18.9. The second-order valence-electron chi connectivity index (χ2n) is 10.6. The summed E-state index contributed by atoms with van der Waals surface area (Å²) in [6.07, 6.45) is 4.77. The molecule has 2 fully saturated rings. The van der Waals surface area contributed by atoms with Crippen molar-refractivity contribution in [3.8, 4) is 17.2 Å². The van der Waals surface area contributed by atoms with E-state index in [0.29, 0.717) is 56.4 Å². The number of nitrogens with two attached hydrogens (primary N) is 1. The SMILES string of the molecule is CCCCN(CCCCN)C(=O)CN1CC(c2cc(OC)c3c(c2)OCO3)C(C(=O)O)C1CN1CCCC1=O. The molecular formula is C28H42N4O7. The highest BCUT2D eigenvalue weighted by Crippen LogP contribution is 2.47. The van der Waals surface area contributed by atoms with Crippen molar-refractivity contribution in [3.63, 3.8) is 0 Å². The van der Waals surface area contributed by atoms with Crippen LogP contribution in [0.25, 0.3) is 0 Å². The first-order valence-electron chi connectivity index (χ1n) is 14.1. The van der Waals surface area contributed by atoms with E-state index in [1.807, 2.05) is 15.9 Å². The monoisotopic (exact) mass is 546 g/mol. The molecule has 0 aromatic heterocycles. The zero-order valence-electron chi connectivity index (χ0n) is 23.1. The molecule has 2 saturated heterocycles. The number of carboxylic acids is 1. The molecule has 216 valence electrons. The molecule has 3 aliphatic heterocycles. The van der Waals surface area contributed by atoms with Gasteiger partial charge in [-0.2, -0.15) is 0 Å². The lowest BCUT2D eigenvalue weighted by Crippen LogP contribution is -2.49. The number of ether oxygens (including phenoxy) is 3. The zero-order valence-corrected chi connectivity index (χ0v) is 23.1. The number of methoxy groups -OCH3 is 1. The molecule has 4 rings (SSSR count). The smallest absolute Gasteiger partial charge is 0.308 e. The zero-order chi connectivity index (χ0) is 27.9. The normalized spacial score (nSPS) is 22.5. The van der Waals surface area contributed by atoms with Gasteiger partial charge in [-0.05, 0) is 49.9 Å². The predicted molar refractivity (Wildman–Crippen MR) is 144 cm³/mol. The van der Waals surface area contributed by atoms with Crippen molar-refractivity contribution in [2.75, 3.05) is 59.7 Å². The van der Waals surface area contributed by atoms with Gasteiger partial charge in [0.25, 0.3) is 0 Å². The number of carbonyl (C=O) groups is 3. The first-order valence-corrected chi connectivity index (χ1v) is 14.1. The molecule has 0 radical (unpaired) electrons. The number of unbranched alkanes of at least 4 members (excludes halogenated alkanes) is 2. The molecule has 0 saturated carbocycles. The van der Waals surface area contributed by atoms with Gasteiger partial charge >= 0.3 is 5.97 Å². The second-order valence-corrected chi connectivity index (χ2v) is 10.6. The fourth-order valence-corrected chi connectivity index (χ4v) is 5.97. The molecule has 3 aliphatic rings. The number of likely N-dealkylation sites (tertiary alicyclic amines) is 2. The lowest BCUT2D eigenvalue weighted by atomic mass is 9.84. The van der Waals surface area contributed by atoms with Gasteiger partial charge in [0, 0.05) is 51.1 Å². The van der Waals surface area contributed by atoms with Crippen molar-refractivity contribution < 1.29 is 33.7 Å². The summed E-state index contributed by atoms with van der Waals surface area (Å²) in [5.41, 5.74) is 6.43. The van der Waals surface area contributed by atoms with Crippen molar-refractivity contribution in [2.45, 2.75) is 57.4 Å². The Morgan fingerprint density at radius 1 is 1.21 bits per heavy atom. The maximum Gasteiger partial charge on any atom is 0.308 e. The number of carbonyl (C=O) groups excluding carboxylic acids is 2. The molecule has 3 atom stereocenters. The Morgan fingerprint density at radius 2 is 2.00 bits per heavy atom. The molecule has 3 heterocycles. The number of amides is 2. The fourth-order valence-electron chi connectivity index (χ4n) is 5.97. The predicted octanol–water partition coefficient (Wildman–Crippen LogP) is 1.88. The van der Waals surface area contributed by atoms with Crippen molar-refractivity contribution in [3.05, 3.63) is 17.7 Å². The van der Waals surface area contributed by atoms with Crippen LogP contribution in [0.5, 0.6) is 17.2 Å². The van der Waals surface area contributed by atoms with Crippen LogP contribution in [0.15, 0.2) is 12.1 Å². The quantitative estimate of drug-likeness (QED) is 0.335. The van der Waals surface area contributed by atoms with E-state index in [4.69, 9.17) is 19.9 Å². The standard InChI is InChI=1S/C28H42N4O7/c1-3-4-10-30(11-6-5-9-29)25(34)17-32-15-20(19-13-22(37-2)27-23(14-19)38-18-39-27)26(28(35)36)21(32)16-31-12-7-8-24(31)33/h13-14,20-21,26H,3-12,15-18,29H2,1-2H3,(H,35,36). The lowest BCUT2D eigenvalue weighted by molar-refractivity contribution is -0.144. The van der Waals surface area contributed by atoms with Gasteiger partial charge in [-0.15, -0.1) is 0 Å². The molecule has 11 heteroatoms. The summed E-state index contributed by atoms with van der Waals surface area (Å²) in [6.45, 7) is 5.38. The van der Waals surface area contributed by atoms with E-state index in [9.17, 15) is 19.5 Å². The van der Waals surface area contributed by atoms with Crippen LogP contribution >= 0.6 is 0 Å². The van der Waals surface area contributed by atoms with E-state index in [2.05, 4.69) is 6.92 Å². The summed E-state index contributed by atoms with van der Waals surface area (Å²) in [5, 5.41) is 10.5. The van der Waals surface area contributed by atoms with E-state index in [0.717, 1.165) is 37.7 Å². The summed E-state index contributed by atoms with van der Waals surface area (Å²) in [4.78, 5) is 44.5. The molecule has 0 bridgehead atoms. The summed E-state index contributed by atoms with van der Waals surface area (Å²) in [6, 6.07) is 3.11. The Labute approximate surface area is 230 Å². The van der Waals surface area contributed by atoms with Gasteiger partial charge in [0.1, 0.15) is 0 Å². The van der Waals surface area contributed by atoms with Crippen LogP contribution in [0, 0.1) is 5.92 Å². The molecule has 0 aliphatic carbocycles. The Morgan fingerprint density at radius 3 is 2.67 bits per heavy atom. The summed E-state index contributed by atoms with van der Waals surface area (Å²) >= 11 is 0. The molecule has 3 N–H and O–H groups in total. The molecule has 39 heavy (non-hydrogen) atoms. The van der Waals surface area contributed by atoms with Crippen molar-refractivity contribution in [2.24, 2.45) is 11.7 Å². The number of aliphatic carboxylic acids is 1. The van der Waals surface area contributed by atoms with Crippen LogP contribution in [-0.2, 0) is 14.4 Å². The van der Waals surface area contributed by atoms with E-state index in [-0.39, 0.29) is 31.7 Å². The molecule has 1 aromatic carbocycles. The van der Waals surface area contributed by atoms with Gasteiger partial charge in [0.05, 0.1) is 19.6 Å². The van der Waals surface area contributed by atoms with E-state index >= 15 is 0 Å². The molecule has 2 amide bonds. The highest BCUT2D eigenvalue weighted by Gasteiger charge is 2.49. The van der Waals surface area contributed by atoms with Crippen LogP contribution in [0.4, 0.5) is 0 Å². The average molecular weight is 547 g/mol. The number of carboxylic acid groups (broad SMARTS) is 1. The Balaban J connectivity index is 1.63.